The second-order valence-electron chi connectivity index (χ2n) is 4.08. The van der Waals surface area contributed by atoms with E-state index in [-0.39, 0.29) is 0 Å². The molecule has 0 heterocycles. The van der Waals surface area contributed by atoms with Crippen molar-refractivity contribution in [1.29, 1.82) is 0 Å². The van der Waals surface area contributed by atoms with E-state index >= 15 is 0 Å². The number of ether oxygens (including phenoxy) is 1. The summed E-state index contributed by atoms with van der Waals surface area (Å²) in [6, 6.07) is 10.0. The van der Waals surface area contributed by atoms with Gasteiger partial charge in [-0.15, -0.1) is 0 Å². The number of hydrogen-bond acceptors (Lipinski definition) is 3. The van der Waals surface area contributed by atoms with Crippen molar-refractivity contribution in [3.05, 3.63) is 30.3 Å². The molecule has 1 aromatic carbocycles. The largest absolute Gasteiger partial charge is 0.494 e. The molecule has 0 aliphatic carbocycles. The summed E-state index contributed by atoms with van der Waals surface area (Å²) in [7, 11) is 1.97. The van der Waals surface area contributed by atoms with E-state index in [0.29, 0.717) is 0 Å². The summed E-state index contributed by atoms with van der Waals surface area (Å²) < 4.78 is 5.62. The average molecular weight is 266 g/mol. The number of para-hydroxylation sites is 1. The van der Waals surface area contributed by atoms with E-state index in [2.05, 4.69) is 10.6 Å². The molecule has 0 saturated heterocycles. The lowest BCUT2D eigenvalue weighted by Gasteiger charge is -2.06. The minimum Gasteiger partial charge on any atom is -0.494 e. The molecule has 0 saturated carbocycles. The van der Waals surface area contributed by atoms with Gasteiger partial charge in [0.05, 0.1) is 6.61 Å². The Balaban J connectivity index is 0.00000154. The first kappa shape index (κ1) is 17.9. The van der Waals surface area contributed by atoms with Gasteiger partial charge in [0.25, 0.3) is 0 Å². The van der Waals surface area contributed by atoms with Crippen molar-refractivity contribution < 1.29 is 4.74 Å². The SMILES string of the molecule is CC.CNCCNCCCCCOc1ccccc1. The molecule has 0 fully saturated rings. The Morgan fingerprint density at radius 1 is 0.895 bits per heavy atom. The summed E-state index contributed by atoms with van der Waals surface area (Å²) >= 11 is 0. The van der Waals surface area contributed by atoms with Crippen LogP contribution in [0.15, 0.2) is 30.3 Å². The molecule has 0 atom stereocenters. The highest BCUT2D eigenvalue weighted by molar-refractivity contribution is 5.20. The van der Waals surface area contributed by atoms with Crippen LogP contribution in [0.25, 0.3) is 0 Å². The van der Waals surface area contributed by atoms with Crippen LogP contribution in [-0.2, 0) is 0 Å². The molecule has 0 spiro atoms. The third kappa shape index (κ3) is 11.7. The Bertz CT molecular complexity index is 265. The van der Waals surface area contributed by atoms with Crippen molar-refractivity contribution >= 4 is 0 Å². The lowest BCUT2D eigenvalue weighted by molar-refractivity contribution is 0.305. The third-order valence-electron chi connectivity index (χ3n) is 2.56. The lowest BCUT2D eigenvalue weighted by Crippen LogP contribution is -2.25. The van der Waals surface area contributed by atoms with Gasteiger partial charge in [0, 0.05) is 13.1 Å². The van der Waals surface area contributed by atoms with Crippen LogP contribution in [0.4, 0.5) is 0 Å². The molecule has 110 valence electrons. The van der Waals surface area contributed by atoms with Gasteiger partial charge in [-0.2, -0.15) is 0 Å². The molecule has 3 nitrogen and oxygen atoms in total. The van der Waals surface area contributed by atoms with Crippen molar-refractivity contribution in [1.82, 2.24) is 10.6 Å². The topological polar surface area (TPSA) is 33.3 Å². The fourth-order valence-corrected chi connectivity index (χ4v) is 1.57. The van der Waals surface area contributed by atoms with Gasteiger partial charge in [0.15, 0.2) is 0 Å². The maximum Gasteiger partial charge on any atom is 0.119 e. The number of rotatable bonds is 10. The molecule has 3 heteroatoms. The Morgan fingerprint density at radius 3 is 2.32 bits per heavy atom. The lowest BCUT2D eigenvalue weighted by atomic mass is 10.2. The van der Waals surface area contributed by atoms with E-state index in [0.717, 1.165) is 38.4 Å². The van der Waals surface area contributed by atoms with Crippen molar-refractivity contribution in [2.45, 2.75) is 33.1 Å². The number of hydrogen-bond donors (Lipinski definition) is 2. The van der Waals surface area contributed by atoms with Crippen molar-refractivity contribution in [3.63, 3.8) is 0 Å². The number of benzene rings is 1. The molecular weight excluding hydrogens is 236 g/mol. The monoisotopic (exact) mass is 266 g/mol. The zero-order chi connectivity index (χ0) is 14.2. The molecule has 0 unspecified atom stereocenters. The summed E-state index contributed by atoms with van der Waals surface area (Å²) in [6.07, 6.45) is 3.57. The maximum absolute atomic E-state index is 5.62. The van der Waals surface area contributed by atoms with E-state index in [1.165, 1.54) is 12.8 Å². The van der Waals surface area contributed by atoms with Gasteiger partial charge >= 0.3 is 0 Å². The molecule has 0 aromatic heterocycles. The van der Waals surface area contributed by atoms with E-state index in [1.807, 2.05) is 51.2 Å². The molecule has 1 rings (SSSR count). The minimum absolute atomic E-state index is 0.820. The van der Waals surface area contributed by atoms with Crippen molar-refractivity contribution in [2.75, 3.05) is 33.3 Å². The van der Waals surface area contributed by atoms with Crippen LogP contribution in [0.5, 0.6) is 5.75 Å². The van der Waals surface area contributed by atoms with E-state index in [1.54, 1.807) is 0 Å². The highest BCUT2D eigenvalue weighted by atomic mass is 16.5. The van der Waals surface area contributed by atoms with Crippen LogP contribution in [0, 0.1) is 0 Å². The molecule has 0 radical (unpaired) electrons. The summed E-state index contributed by atoms with van der Waals surface area (Å²) in [6.45, 7) is 8.02. The summed E-state index contributed by atoms with van der Waals surface area (Å²) in [5.41, 5.74) is 0. The Labute approximate surface area is 118 Å². The van der Waals surface area contributed by atoms with Crippen LogP contribution < -0.4 is 15.4 Å². The van der Waals surface area contributed by atoms with Gasteiger partial charge in [-0.1, -0.05) is 32.0 Å². The van der Waals surface area contributed by atoms with Gasteiger partial charge in [-0.3, -0.25) is 0 Å². The second kappa shape index (κ2) is 15.0. The first-order valence-corrected chi connectivity index (χ1v) is 7.46. The standard InChI is InChI=1S/C14H24N2O.C2H6/c1-15-11-12-16-10-6-3-7-13-17-14-8-4-2-5-9-14;1-2/h2,4-5,8-9,15-16H,3,6-7,10-13H2,1H3;1-2H3. The zero-order valence-electron chi connectivity index (χ0n) is 12.7. The third-order valence-corrected chi connectivity index (χ3v) is 2.56. The van der Waals surface area contributed by atoms with Gasteiger partial charge in [0.1, 0.15) is 5.75 Å². The molecule has 2 N–H and O–H groups in total. The number of likely N-dealkylation sites (N-methyl/N-ethyl adjacent to an activating group) is 1. The zero-order valence-corrected chi connectivity index (χ0v) is 12.7. The first-order valence-electron chi connectivity index (χ1n) is 7.46. The van der Waals surface area contributed by atoms with Crippen LogP contribution in [0.2, 0.25) is 0 Å². The van der Waals surface area contributed by atoms with Crippen LogP contribution in [-0.4, -0.2) is 33.3 Å². The summed E-state index contributed by atoms with van der Waals surface area (Å²) in [4.78, 5) is 0. The maximum atomic E-state index is 5.62. The quantitative estimate of drug-likeness (QED) is 0.639. The molecular formula is C16H30N2O. The Kier molecular flexibility index (Phi) is 14.2. The van der Waals surface area contributed by atoms with E-state index < -0.39 is 0 Å². The summed E-state index contributed by atoms with van der Waals surface area (Å²) in [5.74, 6) is 0.972. The predicted molar refractivity (Wildman–Crippen MR) is 83.9 cm³/mol. The van der Waals surface area contributed by atoms with Crippen molar-refractivity contribution in [2.24, 2.45) is 0 Å². The van der Waals surface area contributed by atoms with E-state index in [9.17, 15) is 0 Å². The molecule has 0 bridgehead atoms. The molecule has 0 aliphatic rings. The number of nitrogens with one attached hydrogen (secondary N) is 2. The smallest absolute Gasteiger partial charge is 0.119 e. The first-order chi connectivity index (χ1) is 9.43. The Morgan fingerprint density at radius 2 is 1.63 bits per heavy atom. The van der Waals surface area contributed by atoms with Crippen molar-refractivity contribution in [3.8, 4) is 5.75 Å². The van der Waals surface area contributed by atoms with Crippen LogP contribution in [0.3, 0.4) is 0 Å². The van der Waals surface area contributed by atoms with E-state index in [4.69, 9.17) is 4.74 Å². The van der Waals surface area contributed by atoms with Gasteiger partial charge < -0.3 is 15.4 Å². The molecule has 19 heavy (non-hydrogen) atoms. The average Bonchev–Trinajstić information content (AvgIpc) is 2.49. The van der Waals surface area contributed by atoms with Crippen LogP contribution >= 0.6 is 0 Å². The minimum atomic E-state index is 0.820. The molecule has 0 aliphatic heterocycles. The predicted octanol–water partition coefficient (Wildman–Crippen LogP) is 3.07. The summed E-state index contributed by atoms with van der Waals surface area (Å²) in [5, 5.41) is 6.51. The molecule has 1 aromatic rings. The van der Waals surface area contributed by atoms with Crippen LogP contribution in [0.1, 0.15) is 33.1 Å². The fourth-order valence-electron chi connectivity index (χ4n) is 1.57. The fraction of sp³-hybridized carbons (Fsp3) is 0.625. The Hall–Kier alpha value is -1.06. The van der Waals surface area contributed by atoms with Gasteiger partial charge in [0.2, 0.25) is 0 Å². The second-order valence-corrected chi connectivity index (χ2v) is 4.08. The van der Waals surface area contributed by atoms with Gasteiger partial charge in [-0.25, -0.2) is 0 Å². The normalized spacial score (nSPS) is 9.63. The number of unbranched alkanes of at least 4 members (excludes halogenated alkanes) is 2. The molecule has 0 amide bonds. The highest BCUT2D eigenvalue weighted by Gasteiger charge is 1.92. The van der Waals surface area contributed by atoms with Gasteiger partial charge in [-0.05, 0) is 45.0 Å². The highest BCUT2D eigenvalue weighted by Crippen LogP contribution is 2.08.